The Balaban J connectivity index is 1.40. The van der Waals surface area contributed by atoms with E-state index < -0.39 is 5.25 Å². The van der Waals surface area contributed by atoms with Crippen LogP contribution in [0.25, 0.3) is 0 Å². The summed E-state index contributed by atoms with van der Waals surface area (Å²) in [6, 6.07) is 21.5. The third-order valence-corrected chi connectivity index (χ3v) is 6.30. The molecule has 1 heterocycles. The van der Waals surface area contributed by atoms with Crippen molar-refractivity contribution in [2.45, 2.75) is 23.5 Å². The molecule has 32 heavy (non-hydrogen) atoms. The number of carbonyl (C=O) groups excluding carboxylic acids is 3. The monoisotopic (exact) mass is 446 g/mol. The highest BCUT2D eigenvalue weighted by molar-refractivity contribution is 8.00. The van der Waals surface area contributed by atoms with Crippen LogP contribution in [0.4, 0.5) is 11.4 Å². The molecule has 1 atom stereocenters. The van der Waals surface area contributed by atoms with Crippen molar-refractivity contribution < 1.29 is 19.1 Å². The van der Waals surface area contributed by atoms with Gasteiger partial charge in [-0.1, -0.05) is 17.7 Å². The quantitative estimate of drug-likeness (QED) is 0.557. The van der Waals surface area contributed by atoms with Crippen LogP contribution in [0.5, 0.6) is 5.75 Å². The summed E-state index contributed by atoms with van der Waals surface area (Å²) in [4.78, 5) is 39.8. The maximum atomic E-state index is 12.9. The Hall–Kier alpha value is -3.58. The predicted octanol–water partition coefficient (Wildman–Crippen LogP) is 4.68. The maximum Gasteiger partial charge on any atom is 0.255 e. The predicted molar refractivity (Wildman–Crippen MR) is 125 cm³/mol. The molecule has 1 saturated heterocycles. The molecule has 1 aliphatic heterocycles. The summed E-state index contributed by atoms with van der Waals surface area (Å²) in [5.74, 6) is 0.0239. The van der Waals surface area contributed by atoms with E-state index in [-0.39, 0.29) is 24.1 Å². The number of carbonyl (C=O) groups is 3. The van der Waals surface area contributed by atoms with E-state index in [2.05, 4.69) is 5.32 Å². The van der Waals surface area contributed by atoms with Gasteiger partial charge in [0.15, 0.2) is 0 Å². The zero-order chi connectivity index (χ0) is 22.7. The van der Waals surface area contributed by atoms with E-state index in [1.165, 1.54) is 16.7 Å². The number of hydrogen-bond acceptors (Lipinski definition) is 5. The molecule has 0 saturated carbocycles. The molecule has 0 aromatic heterocycles. The fraction of sp³-hybridized carbons (Fsp3) is 0.160. The molecular weight excluding hydrogens is 424 g/mol. The second-order valence-electron chi connectivity index (χ2n) is 7.42. The number of ether oxygens (including phenoxy) is 1. The number of hydrogen-bond donors (Lipinski definition) is 1. The van der Waals surface area contributed by atoms with Gasteiger partial charge in [-0.05, 0) is 67.6 Å². The number of rotatable bonds is 6. The van der Waals surface area contributed by atoms with Crippen molar-refractivity contribution >= 4 is 40.9 Å². The van der Waals surface area contributed by atoms with Gasteiger partial charge in [0.2, 0.25) is 11.8 Å². The van der Waals surface area contributed by atoms with Crippen molar-refractivity contribution in [1.29, 1.82) is 0 Å². The first-order valence-electron chi connectivity index (χ1n) is 10.1. The number of amides is 3. The van der Waals surface area contributed by atoms with E-state index in [0.29, 0.717) is 22.7 Å². The largest absolute Gasteiger partial charge is 0.497 e. The van der Waals surface area contributed by atoms with E-state index >= 15 is 0 Å². The number of aryl methyl sites for hydroxylation is 1. The van der Waals surface area contributed by atoms with E-state index in [0.717, 1.165) is 10.5 Å². The van der Waals surface area contributed by atoms with Gasteiger partial charge in [0, 0.05) is 22.6 Å². The smallest absolute Gasteiger partial charge is 0.255 e. The van der Waals surface area contributed by atoms with Crippen LogP contribution in [0.1, 0.15) is 22.3 Å². The van der Waals surface area contributed by atoms with Crippen LogP contribution in [0.15, 0.2) is 77.7 Å². The summed E-state index contributed by atoms with van der Waals surface area (Å²) < 4.78 is 5.13. The molecule has 162 valence electrons. The zero-order valence-corrected chi connectivity index (χ0v) is 18.5. The SMILES string of the molecule is COc1ccc(N2C(=O)CC(Sc3ccc(NC(=O)c4cccc(C)c4)cc3)C2=O)cc1. The minimum absolute atomic E-state index is 0.140. The van der Waals surface area contributed by atoms with Crippen LogP contribution in [0, 0.1) is 6.92 Å². The highest BCUT2D eigenvalue weighted by Crippen LogP contribution is 2.34. The minimum Gasteiger partial charge on any atom is -0.497 e. The van der Waals surface area contributed by atoms with E-state index in [1.54, 1.807) is 49.6 Å². The van der Waals surface area contributed by atoms with Gasteiger partial charge >= 0.3 is 0 Å². The Bertz CT molecular complexity index is 1160. The van der Waals surface area contributed by atoms with Crippen LogP contribution >= 0.6 is 11.8 Å². The van der Waals surface area contributed by atoms with E-state index in [4.69, 9.17) is 4.74 Å². The normalized spacial score (nSPS) is 15.7. The molecule has 3 aromatic carbocycles. The topological polar surface area (TPSA) is 75.7 Å². The van der Waals surface area contributed by atoms with Gasteiger partial charge in [-0.25, -0.2) is 4.90 Å². The van der Waals surface area contributed by atoms with Crippen molar-refractivity contribution in [3.63, 3.8) is 0 Å². The van der Waals surface area contributed by atoms with E-state index in [9.17, 15) is 14.4 Å². The number of thioether (sulfide) groups is 1. The average Bonchev–Trinajstić information content (AvgIpc) is 3.07. The Morgan fingerprint density at radius 2 is 1.75 bits per heavy atom. The summed E-state index contributed by atoms with van der Waals surface area (Å²) in [5, 5.41) is 2.38. The van der Waals surface area contributed by atoms with Crippen molar-refractivity contribution in [2.75, 3.05) is 17.3 Å². The van der Waals surface area contributed by atoms with Crippen molar-refractivity contribution in [3.8, 4) is 5.75 Å². The lowest BCUT2D eigenvalue weighted by Gasteiger charge is -2.15. The van der Waals surface area contributed by atoms with Gasteiger partial charge in [-0.2, -0.15) is 0 Å². The molecule has 1 fully saturated rings. The van der Waals surface area contributed by atoms with Crippen LogP contribution in [0.3, 0.4) is 0 Å². The molecule has 7 heteroatoms. The average molecular weight is 447 g/mol. The van der Waals surface area contributed by atoms with Crippen molar-refractivity contribution in [1.82, 2.24) is 0 Å². The lowest BCUT2D eigenvalue weighted by Crippen LogP contribution is -2.31. The first-order valence-corrected chi connectivity index (χ1v) is 11.0. The van der Waals surface area contributed by atoms with Gasteiger partial charge in [0.1, 0.15) is 5.75 Å². The molecular formula is C25H22N2O4S. The Kier molecular flexibility index (Phi) is 6.28. The highest BCUT2D eigenvalue weighted by atomic mass is 32.2. The van der Waals surface area contributed by atoms with Gasteiger partial charge in [-0.15, -0.1) is 11.8 Å². The molecule has 0 spiro atoms. The van der Waals surface area contributed by atoms with Crippen LogP contribution in [0.2, 0.25) is 0 Å². The molecule has 0 bridgehead atoms. The number of benzene rings is 3. The highest BCUT2D eigenvalue weighted by Gasteiger charge is 2.40. The second kappa shape index (κ2) is 9.28. The first-order chi connectivity index (χ1) is 15.4. The van der Waals surface area contributed by atoms with Gasteiger partial charge in [-0.3, -0.25) is 14.4 Å². The fourth-order valence-corrected chi connectivity index (χ4v) is 4.52. The molecule has 0 radical (unpaired) electrons. The standard InChI is InChI=1S/C25H22N2O4S/c1-16-4-3-5-17(14-16)24(29)26-18-6-12-21(13-7-18)32-22-15-23(28)27(25(22)30)19-8-10-20(31-2)11-9-19/h3-14,22H,15H2,1-2H3,(H,26,29). The molecule has 1 unspecified atom stereocenters. The third kappa shape index (κ3) is 4.68. The zero-order valence-electron chi connectivity index (χ0n) is 17.7. The Morgan fingerprint density at radius 3 is 2.41 bits per heavy atom. The lowest BCUT2D eigenvalue weighted by molar-refractivity contribution is -0.121. The lowest BCUT2D eigenvalue weighted by atomic mass is 10.1. The minimum atomic E-state index is -0.489. The second-order valence-corrected chi connectivity index (χ2v) is 8.70. The molecule has 1 N–H and O–H groups in total. The summed E-state index contributed by atoms with van der Waals surface area (Å²) in [5.41, 5.74) is 2.81. The molecule has 6 nitrogen and oxygen atoms in total. The number of anilines is 2. The van der Waals surface area contributed by atoms with Crippen LogP contribution < -0.4 is 15.0 Å². The Morgan fingerprint density at radius 1 is 1.03 bits per heavy atom. The number of imide groups is 1. The fourth-order valence-electron chi connectivity index (χ4n) is 3.47. The summed E-state index contributed by atoms with van der Waals surface area (Å²) in [6.45, 7) is 1.94. The first kappa shape index (κ1) is 21.6. The van der Waals surface area contributed by atoms with Crippen molar-refractivity contribution in [3.05, 3.63) is 83.9 Å². The van der Waals surface area contributed by atoms with Gasteiger partial charge in [0.25, 0.3) is 5.91 Å². The number of nitrogens with zero attached hydrogens (tertiary/aromatic N) is 1. The number of methoxy groups -OCH3 is 1. The Labute approximate surface area is 190 Å². The van der Waals surface area contributed by atoms with E-state index in [1.807, 2.05) is 37.3 Å². The van der Waals surface area contributed by atoms with Crippen LogP contribution in [-0.2, 0) is 9.59 Å². The van der Waals surface area contributed by atoms with Crippen LogP contribution in [-0.4, -0.2) is 30.1 Å². The van der Waals surface area contributed by atoms with Crippen molar-refractivity contribution in [2.24, 2.45) is 0 Å². The molecule has 3 amide bonds. The number of nitrogens with one attached hydrogen (secondary N) is 1. The summed E-state index contributed by atoms with van der Waals surface area (Å²) in [7, 11) is 1.56. The molecule has 1 aliphatic rings. The molecule has 0 aliphatic carbocycles. The summed E-state index contributed by atoms with van der Waals surface area (Å²) >= 11 is 1.35. The third-order valence-electron chi connectivity index (χ3n) is 5.11. The summed E-state index contributed by atoms with van der Waals surface area (Å²) in [6.07, 6.45) is 0.140. The maximum absolute atomic E-state index is 12.9. The van der Waals surface area contributed by atoms with Gasteiger partial charge < -0.3 is 10.1 Å². The molecule has 3 aromatic rings. The molecule has 4 rings (SSSR count). The van der Waals surface area contributed by atoms with Gasteiger partial charge in [0.05, 0.1) is 18.0 Å².